The minimum atomic E-state index is -0.950. The van der Waals surface area contributed by atoms with Crippen molar-refractivity contribution >= 4 is 23.2 Å². The second-order valence-corrected chi connectivity index (χ2v) is 4.99. The summed E-state index contributed by atoms with van der Waals surface area (Å²) in [4.78, 5) is 12.1. The van der Waals surface area contributed by atoms with Crippen molar-refractivity contribution in [1.29, 1.82) is 0 Å². The van der Waals surface area contributed by atoms with Crippen molar-refractivity contribution in [2.75, 3.05) is 12.4 Å². The number of hydrogen-bond donors (Lipinski definition) is 1. The van der Waals surface area contributed by atoms with E-state index >= 15 is 0 Å². The Hall–Kier alpha value is -1.99. The second kappa shape index (κ2) is 5.56. The van der Waals surface area contributed by atoms with E-state index in [1.54, 1.807) is 32.0 Å². The number of carbonyl (C=O) groups excluding carboxylic acids is 1. The van der Waals surface area contributed by atoms with Crippen LogP contribution < -0.4 is 5.32 Å². The molecule has 0 radical (unpaired) electrons. The summed E-state index contributed by atoms with van der Waals surface area (Å²) >= 11 is 6.08. The van der Waals surface area contributed by atoms with Crippen molar-refractivity contribution in [2.45, 2.75) is 19.4 Å². The Morgan fingerprint density at radius 3 is 2.80 bits per heavy atom. The predicted octanol–water partition coefficient (Wildman–Crippen LogP) is 1.68. The fourth-order valence-electron chi connectivity index (χ4n) is 1.40. The smallest absolute Gasteiger partial charge is 0.256 e. The van der Waals surface area contributed by atoms with Crippen molar-refractivity contribution in [1.82, 2.24) is 20.2 Å². The largest absolute Gasteiger partial charge is 0.369 e. The number of carbonyl (C=O) groups is 1. The summed E-state index contributed by atoms with van der Waals surface area (Å²) in [5.41, 5.74) is 0.202. The Bertz CT molecular complexity index is 612. The summed E-state index contributed by atoms with van der Waals surface area (Å²) < 4.78 is 6.59. The zero-order valence-electron chi connectivity index (χ0n) is 11.3. The summed E-state index contributed by atoms with van der Waals surface area (Å²) in [6, 6.07) is 5.09. The van der Waals surface area contributed by atoms with Gasteiger partial charge in [0.2, 0.25) is 0 Å². The molecule has 1 heterocycles. The van der Waals surface area contributed by atoms with E-state index in [-0.39, 0.29) is 5.91 Å². The van der Waals surface area contributed by atoms with Gasteiger partial charge >= 0.3 is 0 Å². The Balaban J connectivity index is 2.28. The number of methoxy groups -OCH3 is 1. The van der Waals surface area contributed by atoms with Crippen molar-refractivity contribution in [3.8, 4) is 5.69 Å². The van der Waals surface area contributed by atoms with Crippen LogP contribution in [0.15, 0.2) is 24.5 Å². The molecule has 0 atom stereocenters. The molecule has 2 rings (SSSR count). The van der Waals surface area contributed by atoms with Crippen LogP contribution in [0.25, 0.3) is 5.69 Å². The second-order valence-electron chi connectivity index (χ2n) is 4.59. The first-order valence-electron chi connectivity index (χ1n) is 5.83. The molecular weight excluding hydrogens is 282 g/mol. The third kappa shape index (κ3) is 2.94. The normalized spacial score (nSPS) is 11.4. The van der Waals surface area contributed by atoms with Crippen LogP contribution in [0.3, 0.4) is 0 Å². The zero-order valence-corrected chi connectivity index (χ0v) is 12.0. The molecule has 0 unspecified atom stereocenters. The van der Waals surface area contributed by atoms with E-state index in [1.807, 2.05) is 0 Å². The van der Waals surface area contributed by atoms with Gasteiger partial charge in [-0.15, -0.1) is 5.10 Å². The van der Waals surface area contributed by atoms with Crippen LogP contribution in [0.4, 0.5) is 5.69 Å². The van der Waals surface area contributed by atoms with Gasteiger partial charge in [0.15, 0.2) is 0 Å². The molecule has 0 spiro atoms. The zero-order chi connectivity index (χ0) is 14.8. The number of hydrogen-bond acceptors (Lipinski definition) is 5. The average Bonchev–Trinajstić information content (AvgIpc) is 2.95. The van der Waals surface area contributed by atoms with Crippen LogP contribution in [-0.4, -0.2) is 38.8 Å². The lowest BCUT2D eigenvalue weighted by molar-refractivity contribution is -0.133. The number of tetrazole rings is 1. The Kier molecular flexibility index (Phi) is 4.01. The standard InChI is InChI=1S/C12H14ClN5O2/c1-12(2,20-3)11(19)15-10-6-8(4-5-9(10)13)18-7-14-16-17-18/h4-7H,1-3H3,(H,15,19). The van der Waals surface area contributed by atoms with Crippen LogP contribution in [0.1, 0.15) is 13.8 Å². The summed E-state index contributed by atoms with van der Waals surface area (Å²) in [5.74, 6) is -0.296. The van der Waals surface area contributed by atoms with Gasteiger partial charge in [0.25, 0.3) is 5.91 Å². The number of ether oxygens (including phenoxy) is 1. The van der Waals surface area contributed by atoms with Crippen LogP contribution >= 0.6 is 11.6 Å². The van der Waals surface area contributed by atoms with E-state index in [4.69, 9.17) is 16.3 Å². The topological polar surface area (TPSA) is 81.9 Å². The summed E-state index contributed by atoms with van der Waals surface area (Å²) in [5, 5.41) is 14.0. The van der Waals surface area contributed by atoms with Crippen LogP contribution in [0, 0.1) is 0 Å². The van der Waals surface area contributed by atoms with Gasteiger partial charge in [-0.3, -0.25) is 4.79 Å². The third-order valence-electron chi connectivity index (χ3n) is 2.87. The first-order chi connectivity index (χ1) is 9.44. The molecule has 0 saturated heterocycles. The molecule has 0 bridgehead atoms. The van der Waals surface area contributed by atoms with Crippen molar-refractivity contribution < 1.29 is 9.53 Å². The van der Waals surface area contributed by atoms with E-state index in [2.05, 4.69) is 20.8 Å². The van der Waals surface area contributed by atoms with Gasteiger partial charge in [-0.1, -0.05) is 11.6 Å². The van der Waals surface area contributed by atoms with Gasteiger partial charge in [0, 0.05) is 7.11 Å². The van der Waals surface area contributed by atoms with E-state index < -0.39 is 5.60 Å². The van der Waals surface area contributed by atoms with Gasteiger partial charge in [-0.25, -0.2) is 4.68 Å². The maximum atomic E-state index is 12.1. The molecule has 1 amide bonds. The highest BCUT2D eigenvalue weighted by atomic mass is 35.5. The van der Waals surface area contributed by atoms with Crippen LogP contribution in [0.5, 0.6) is 0 Å². The van der Waals surface area contributed by atoms with Crippen molar-refractivity contribution in [3.63, 3.8) is 0 Å². The van der Waals surface area contributed by atoms with Gasteiger partial charge in [0.1, 0.15) is 11.9 Å². The molecule has 8 heteroatoms. The first kappa shape index (κ1) is 14.4. The molecule has 106 valence electrons. The monoisotopic (exact) mass is 295 g/mol. The lowest BCUT2D eigenvalue weighted by Gasteiger charge is -2.22. The maximum Gasteiger partial charge on any atom is 0.256 e. The number of aromatic nitrogens is 4. The highest BCUT2D eigenvalue weighted by Gasteiger charge is 2.27. The number of nitrogens with one attached hydrogen (secondary N) is 1. The van der Waals surface area contributed by atoms with Crippen molar-refractivity contribution in [2.24, 2.45) is 0 Å². The quantitative estimate of drug-likeness (QED) is 0.928. The molecule has 0 saturated carbocycles. The molecule has 0 aliphatic rings. The fourth-order valence-corrected chi connectivity index (χ4v) is 1.56. The van der Waals surface area contributed by atoms with Gasteiger partial charge in [-0.05, 0) is 42.5 Å². The number of amides is 1. The first-order valence-corrected chi connectivity index (χ1v) is 6.21. The van der Waals surface area contributed by atoms with Gasteiger partial charge < -0.3 is 10.1 Å². The molecule has 1 aromatic carbocycles. The third-order valence-corrected chi connectivity index (χ3v) is 3.20. The predicted molar refractivity (Wildman–Crippen MR) is 73.9 cm³/mol. The molecule has 0 aliphatic heterocycles. The Labute approximate surface area is 120 Å². The Morgan fingerprint density at radius 1 is 1.45 bits per heavy atom. The van der Waals surface area contributed by atoms with Crippen LogP contribution in [-0.2, 0) is 9.53 Å². The molecule has 0 fully saturated rings. The van der Waals surface area contributed by atoms with Crippen molar-refractivity contribution in [3.05, 3.63) is 29.5 Å². The highest BCUT2D eigenvalue weighted by molar-refractivity contribution is 6.33. The fraction of sp³-hybridized carbons (Fsp3) is 0.333. The summed E-state index contributed by atoms with van der Waals surface area (Å²) in [7, 11) is 1.47. The molecule has 2 aromatic rings. The minimum Gasteiger partial charge on any atom is -0.369 e. The molecule has 0 aliphatic carbocycles. The summed E-state index contributed by atoms with van der Waals surface area (Å²) in [6.45, 7) is 3.34. The number of rotatable bonds is 4. The molecule has 20 heavy (non-hydrogen) atoms. The minimum absolute atomic E-state index is 0.296. The lowest BCUT2D eigenvalue weighted by atomic mass is 10.1. The summed E-state index contributed by atoms with van der Waals surface area (Å²) in [6.07, 6.45) is 1.45. The number of halogens is 1. The average molecular weight is 296 g/mol. The van der Waals surface area contributed by atoms with Gasteiger partial charge in [0.05, 0.1) is 16.4 Å². The molecular formula is C12H14ClN5O2. The molecule has 1 N–H and O–H groups in total. The maximum absolute atomic E-state index is 12.1. The highest BCUT2D eigenvalue weighted by Crippen LogP contribution is 2.25. The lowest BCUT2D eigenvalue weighted by Crippen LogP contribution is -2.38. The number of benzene rings is 1. The van der Waals surface area contributed by atoms with Crippen LogP contribution in [0.2, 0.25) is 5.02 Å². The van der Waals surface area contributed by atoms with E-state index in [0.717, 1.165) is 0 Å². The Morgan fingerprint density at radius 2 is 2.20 bits per heavy atom. The molecule has 7 nitrogen and oxygen atoms in total. The number of nitrogens with zero attached hydrogens (tertiary/aromatic N) is 4. The van der Waals surface area contributed by atoms with E-state index in [9.17, 15) is 4.79 Å². The SMILES string of the molecule is COC(C)(C)C(=O)Nc1cc(-n2cnnn2)ccc1Cl. The van der Waals surface area contributed by atoms with E-state index in [1.165, 1.54) is 18.1 Å². The van der Waals surface area contributed by atoms with E-state index in [0.29, 0.717) is 16.4 Å². The van der Waals surface area contributed by atoms with Gasteiger partial charge in [-0.2, -0.15) is 0 Å². The number of anilines is 1. The molecule has 1 aromatic heterocycles.